The monoisotopic (exact) mass is 354 g/mol. The van der Waals surface area contributed by atoms with E-state index in [1.807, 2.05) is 26.8 Å². The zero-order chi connectivity index (χ0) is 17.9. The van der Waals surface area contributed by atoms with Crippen molar-refractivity contribution in [1.29, 1.82) is 0 Å². The minimum atomic E-state index is -3.53. The third-order valence-electron chi connectivity index (χ3n) is 4.97. The fourth-order valence-corrected chi connectivity index (χ4v) is 4.61. The lowest BCUT2D eigenvalue weighted by Crippen LogP contribution is -2.49. The topological polar surface area (TPSA) is 58.6 Å². The third kappa shape index (κ3) is 4.57. The Morgan fingerprint density at radius 2 is 1.75 bits per heavy atom. The molecule has 24 heavy (non-hydrogen) atoms. The highest BCUT2D eigenvalue weighted by atomic mass is 32.2. The number of hydrogen-bond acceptors (Lipinski definition) is 4. The van der Waals surface area contributed by atoms with Gasteiger partial charge in [0.15, 0.2) is 0 Å². The van der Waals surface area contributed by atoms with Gasteiger partial charge >= 0.3 is 0 Å². The van der Waals surface area contributed by atoms with Gasteiger partial charge in [-0.05, 0) is 49.4 Å². The van der Waals surface area contributed by atoms with E-state index >= 15 is 0 Å². The van der Waals surface area contributed by atoms with Gasteiger partial charge in [-0.25, -0.2) is 13.1 Å². The molecule has 6 heteroatoms. The van der Waals surface area contributed by atoms with Crippen molar-refractivity contribution in [2.24, 2.45) is 5.92 Å². The highest BCUT2D eigenvalue weighted by Crippen LogP contribution is 2.22. The molecular weight excluding hydrogens is 324 g/mol. The normalized spacial score (nSPS) is 18.1. The predicted octanol–water partition coefficient (Wildman–Crippen LogP) is 2.25. The van der Waals surface area contributed by atoms with Crippen LogP contribution in [-0.2, 0) is 14.8 Å². The second-order valence-electron chi connectivity index (χ2n) is 7.02. The average molecular weight is 355 g/mol. The van der Waals surface area contributed by atoms with Crippen LogP contribution in [-0.4, -0.2) is 52.2 Å². The third-order valence-corrected chi connectivity index (χ3v) is 6.60. The fraction of sp³-hybridized carbons (Fsp3) is 0.667. The van der Waals surface area contributed by atoms with E-state index in [9.17, 15) is 8.42 Å². The molecule has 0 aliphatic carbocycles. The number of nitrogens with one attached hydrogen (secondary N) is 1. The van der Waals surface area contributed by atoms with E-state index in [1.54, 1.807) is 6.07 Å². The van der Waals surface area contributed by atoms with Crippen LogP contribution in [0.5, 0.6) is 0 Å². The number of hydrogen-bond donors (Lipinski definition) is 1. The first-order chi connectivity index (χ1) is 11.2. The zero-order valence-electron chi connectivity index (χ0n) is 15.4. The van der Waals surface area contributed by atoms with Crippen molar-refractivity contribution in [3.8, 4) is 0 Å². The van der Waals surface area contributed by atoms with Crippen molar-refractivity contribution >= 4 is 10.0 Å². The van der Waals surface area contributed by atoms with Crippen LogP contribution in [0.2, 0.25) is 0 Å². The molecular formula is C18H30N2O3S. The van der Waals surface area contributed by atoms with E-state index in [-0.39, 0.29) is 12.0 Å². The Hall–Kier alpha value is -0.950. The molecule has 1 unspecified atom stereocenters. The predicted molar refractivity (Wildman–Crippen MR) is 96.9 cm³/mol. The summed E-state index contributed by atoms with van der Waals surface area (Å²) in [6.45, 7) is 13.8. The van der Waals surface area contributed by atoms with Crippen LogP contribution in [0.25, 0.3) is 0 Å². The number of aryl methyl sites for hydroxylation is 1. The van der Waals surface area contributed by atoms with Crippen LogP contribution in [0.15, 0.2) is 17.0 Å². The molecule has 1 aromatic rings. The standard InChI is InChI=1S/C18H30N2O3S/c1-13(2)17(12-20-8-10-23-11-9-20)19-24(21,22)18-7-6-14(3)15(4)16(18)5/h6-7,13,17,19H,8-12H2,1-5H3. The van der Waals surface area contributed by atoms with Gasteiger partial charge in [-0.3, -0.25) is 4.90 Å². The molecule has 2 rings (SSSR count). The van der Waals surface area contributed by atoms with Crippen LogP contribution in [0.1, 0.15) is 30.5 Å². The van der Waals surface area contributed by atoms with Gasteiger partial charge in [-0.2, -0.15) is 0 Å². The summed E-state index contributed by atoms with van der Waals surface area (Å²) in [5, 5.41) is 0. The Labute approximate surface area is 146 Å². The molecule has 0 spiro atoms. The molecule has 1 atom stereocenters. The molecule has 1 N–H and O–H groups in total. The van der Waals surface area contributed by atoms with E-state index < -0.39 is 10.0 Å². The van der Waals surface area contributed by atoms with Gasteiger partial charge < -0.3 is 4.74 Å². The minimum Gasteiger partial charge on any atom is -0.379 e. The van der Waals surface area contributed by atoms with Gasteiger partial charge in [0.1, 0.15) is 0 Å². The van der Waals surface area contributed by atoms with Crippen molar-refractivity contribution in [2.75, 3.05) is 32.8 Å². The summed E-state index contributed by atoms with van der Waals surface area (Å²) in [5.41, 5.74) is 2.98. The Morgan fingerprint density at radius 1 is 1.12 bits per heavy atom. The van der Waals surface area contributed by atoms with Gasteiger partial charge in [-0.15, -0.1) is 0 Å². The number of nitrogens with zero attached hydrogens (tertiary/aromatic N) is 1. The highest BCUT2D eigenvalue weighted by Gasteiger charge is 2.26. The molecule has 136 valence electrons. The number of sulfonamides is 1. The largest absolute Gasteiger partial charge is 0.379 e. The number of benzene rings is 1. The zero-order valence-corrected chi connectivity index (χ0v) is 16.2. The molecule has 0 radical (unpaired) electrons. The maximum Gasteiger partial charge on any atom is 0.241 e. The van der Waals surface area contributed by atoms with Crippen molar-refractivity contribution < 1.29 is 13.2 Å². The van der Waals surface area contributed by atoms with E-state index in [0.717, 1.165) is 29.8 Å². The first-order valence-electron chi connectivity index (χ1n) is 8.61. The van der Waals surface area contributed by atoms with Gasteiger partial charge in [0, 0.05) is 25.7 Å². The molecule has 1 fully saturated rings. The number of rotatable bonds is 6. The van der Waals surface area contributed by atoms with Gasteiger partial charge in [0.2, 0.25) is 10.0 Å². The molecule has 0 amide bonds. The minimum absolute atomic E-state index is 0.117. The van der Waals surface area contributed by atoms with E-state index in [2.05, 4.69) is 23.5 Å². The molecule has 0 bridgehead atoms. The molecule has 1 aliphatic heterocycles. The Morgan fingerprint density at radius 3 is 2.33 bits per heavy atom. The van der Waals surface area contributed by atoms with Crippen LogP contribution in [0.3, 0.4) is 0 Å². The molecule has 1 aromatic carbocycles. The highest BCUT2D eigenvalue weighted by molar-refractivity contribution is 7.89. The molecule has 0 saturated carbocycles. The molecule has 1 aliphatic rings. The Bertz CT molecular complexity index is 665. The number of morpholine rings is 1. The average Bonchev–Trinajstić information content (AvgIpc) is 2.52. The first kappa shape index (κ1) is 19.4. The second kappa shape index (κ2) is 7.95. The van der Waals surface area contributed by atoms with Crippen LogP contribution in [0.4, 0.5) is 0 Å². The Kier molecular flexibility index (Phi) is 6.42. The lowest BCUT2D eigenvalue weighted by Gasteiger charge is -2.32. The quantitative estimate of drug-likeness (QED) is 0.851. The van der Waals surface area contributed by atoms with Crippen molar-refractivity contribution in [3.63, 3.8) is 0 Å². The number of ether oxygens (including phenoxy) is 1. The van der Waals surface area contributed by atoms with E-state index in [0.29, 0.717) is 24.7 Å². The SMILES string of the molecule is Cc1ccc(S(=O)(=O)NC(CN2CCOCC2)C(C)C)c(C)c1C. The maximum absolute atomic E-state index is 12.9. The maximum atomic E-state index is 12.9. The fourth-order valence-electron chi connectivity index (χ4n) is 2.93. The summed E-state index contributed by atoms with van der Waals surface area (Å²) >= 11 is 0. The van der Waals surface area contributed by atoms with Crippen molar-refractivity contribution in [3.05, 3.63) is 28.8 Å². The van der Waals surface area contributed by atoms with Gasteiger partial charge in [0.05, 0.1) is 18.1 Å². The van der Waals surface area contributed by atoms with Crippen molar-refractivity contribution in [1.82, 2.24) is 9.62 Å². The summed E-state index contributed by atoms with van der Waals surface area (Å²) in [6, 6.07) is 3.48. The molecule has 0 aromatic heterocycles. The summed E-state index contributed by atoms with van der Waals surface area (Å²) in [4.78, 5) is 2.66. The summed E-state index contributed by atoms with van der Waals surface area (Å²) in [6.07, 6.45) is 0. The van der Waals surface area contributed by atoms with Crippen LogP contribution < -0.4 is 4.72 Å². The summed E-state index contributed by atoms with van der Waals surface area (Å²) in [7, 11) is -3.53. The van der Waals surface area contributed by atoms with Crippen LogP contribution in [0, 0.1) is 26.7 Å². The first-order valence-corrected chi connectivity index (χ1v) is 10.1. The van der Waals surface area contributed by atoms with Gasteiger partial charge in [0.25, 0.3) is 0 Å². The van der Waals surface area contributed by atoms with Crippen molar-refractivity contribution in [2.45, 2.75) is 45.6 Å². The Balaban J connectivity index is 2.19. The summed E-state index contributed by atoms with van der Waals surface area (Å²) in [5.74, 6) is 0.217. The molecule has 1 heterocycles. The van der Waals surface area contributed by atoms with E-state index in [4.69, 9.17) is 4.74 Å². The summed E-state index contributed by atoms with van der Waals surface area (Å²) < 4.78 is 34.1. The molecule has 1 saturated heterocycles. The lowest BCUT2D eigenvalue weighted by molar-refractivity contribution is 0.0324. The lowest BCUT2D eigenvalue weighted by atomic mass is 10.0. The van der Waals surface area contributed by atoms with Gasteiger partial charge in [-0.1, -0.05) is 19.9 Å². The second-order valence-corrected chi connectivity index (χ2v) is 8.70. The van der Waals surface area contributed by atoms with E-state index in [1.165, 1.54) is 0 Å². The molecule has 5 nitrogen and oxygen atoms in total. The van der Waals surface area contributed by atoms with Crippen LogP contribution >= 0.6 is 0 Å². The smallest absolute Gasteiger partial charge is 0.241 e.